The number of rotatable bonds is 9. The van der Waals surface area contributed by atoms with E-state index < -0.39 is 0 Å². The number of hydrogen-bond donors (Lipinski definition) is 1. The predicted octanol–water partition coefficient (Wildman–Crippen LogP) is 2.89. The predicted molar refractivity (Wildman–Crippen MR) is 135 cm³/mol. The molecule has 4 aromatic rings. The van der Waals surface area contributed by atoms with Gasteiger partial charge in [-0.1, -0.05) is 30.3 Å². The molecule has 0 fully saturated rings. The van der Waals surface area contributed by atoms with Crippen molar-refractivity contribution in [1.29, 1.82) is 0 Å². The molecular formula is C27H28N4O4. The van der Waals surface area contributed by atoms with Gasteiger partial charge in [0.15, 0.2) is 0 Å². The fourth-order valence-electron chi connectivity index (χ4n) is 3.94. The first kappa shape index (κ1) is 23.8. The first-order valence-electron chi connectivity index (χ1n) is 11.3. The number of anilines is 1. The van der Waals surface area contributed by atoms with E-state index in [4.69, 9.17) is 15.2 Å². The second kappa shape index (κ2) is 10.7. The number of benzene rings is 2. The minimum atomic E-state index is -0.363. The second-order valence-corrected chi connectivity index (χ2v) is 8.17. The van der Waals surface area contributed by atoms with Crippen LogP contribution in [-0.2, 0) is 25.9 Å². The Kier molecular flexibility index (Phi) is 7.30. The Labute approximate surface area is 203 Å². The van der Waals surface area contributed by atoms with Gasteiger partial charge < -0.3 is 15.2 Å². The van der Waals surface area contributed by atoms with Crippen LogP contribution >= 0.6 is 0 Å². The molecule has 2 N–H and O–H groups in total. The van der Waals surface area contributed by atoms with Gasteiger partial charge >= 0.3 is 5.69 Å². The van der Waals surface area contributed by atoms with Crippen molar-refractivity contribution in [1.82, 2.24) is 14.1 Å². The molecule has 8 nitrogen and oxygen atoms in total. The zero-order valence-electron chi connectivity index (χ0n) is 19.8. The molecule has 0 bridgehead atoms. The van der Waals surface area contributed by atoms with Gasteiger partial charge in [0, 0.05) is 18.0 Å². The van der Waals surface area contributed by atoms with Crippen molar-refractivity contribution in [3.63, 3.8) is 0 Å². The van der Waals surface area contributed by atoms with Crippen LogP contribution in [0.25, 0.3) is 0 Å². The van der Waals surface area contributed by atoms with Crippen LogP contribution in [0.2, 0.25) is 0 Å². The highest BCUT2D eigenvalue weighted by Crippen LogP contribution is 2.15. The molecule has 180 valence electrons. The van der Waals surface area contributed by atoms with Crippen LogP contribution in [0.4, 0.5) is 5.82 Å². The first-order chi connectivity index (χ1) is 17.0. The Hall–Kier alpha value is -4.33. The molecule has 0 aliphatic carbocycles. The Morgan fingerprint density at radius 3 is 1.91 bits per heavy atom. The smallest absolute Gasteiger partial charge is 0.331 e. The highest BCUT2D eigenvalue weighted by atomic mass is 16.5. The molecule has 0 saturated heterocycles. The summed E-state index contributed by atoms with van der Waals surface area (Å²) in [6.45, 7) is 0.490. The van der Waals surface area contributed by atoms with E-state index in [1.54, 1.807) is 31.0 Å². The monoisotopic (exact) mass is 472 g/mol. The largest absolute Gasteiger partial charge is 0.497 e. The van der Waals surface area contributed by atoms with Gasteiger partial charge in [0.05, 0.1) is 27.3 Å². The number of pyridine rings is 1. The normalized spacial score (nSPS) is 10.8. The minimum absolute atomic E-state index is 0.167. The number of aromatic nitrogens is 3. The van der Waals surface area contributed by atoms with Crippen LogP contribution in [0.5, 0.6) is 11.5 Å². The lowest BCUT2D eigenvalue weighted by atomic mass is 10.1. The van der Waals surface area contributed by atoms with Crippen molar-refractivity contribution in [2.75, 3.05) is 20.0 Å². The van der Waals surface area contributed by atoms with E-state index in [-0.39, 0.29) is 17.8 Å². The van der Waals surface area contributed by atoms with Crippen molar-refractivity contribution in [2.24, 2.45) is 0 Å². The fourth-order valence-corrected chi connectivity index (χ4v) is 3.94. The summed E-state index contributed by atoms with van der Waals surface area (Å²) >= 11 is 0. The van der Waals surface area contributed by atoms with E-state index in [0.717, 1.165) is 22.4 Å². The maximum absolute atomic E-state index is 13.6. The van der Waals surface area contributed by atoms with Gasteiger partial charge in [-0.2, -0.15) is 0 Å². The van der Waals surface area contributed by atoms with Crippen LogP contribution < -0.4 is 26.5 Å². The number of nitrogens with zero attached hydrogens (tertiary/aromatic N) is 3. The van der Waals surface area contributed by atoms with Gasteiger partial charge in [-0.05, 0) is 59.9 Å². The van der Waals surface area contributed by atoms with Crippen molar-refractivity contribution in [3.05, 3.63) is 116 Å². The molecule has 0 aliphatic rings. The molecule has 0 atom stereocenters. The molecule has 0 unspecified atom stereocenters. The van der Waals surface area contributed by atoms with Gasteiger partial charge in [0.1, 0.15) is 17.3 Å². The third-order valence-electron chi connectivity index (χ3n) is 5.94. The van der Waals surface area contributed by atoms with E-state index >= 15 is 0 Å². The Balaban J connectivity index is 1.71. The number of ether oxygens (including phenoxy) is 2. The zero-order chi connectivity index (χ0) is 24.8. The third-order valence-corrected chi connectivity index (χ3v) is 5.94. The van der Waals surface area contributed by atoms with Crippen LogP contribution in [-0.4, -0.2) is 28.3 Å². The van der Waals surface area contributed by atoms with Gasteiger partial charge in [-0.3, -0.25) is 13.9 Å². The summed E-state index contributed by atoms with van der Waals surface area (Å²) < 4.78 is 13.4. The van der Waals surface area contributed by atoms with Gasteiger partial charge in [-0.15, -0.1) is 0 Å². The molecular weight excluding hydrogens is 444 g/mol. The summed E-state index contributed by atoms with van der Waals surface area (Å²) in [4.78, 5) is 30.7. The minimum Gasteiger partial charge on any atom is -0.497 e. The summed E-state index contributed by atoms with van der Waals surface area (Å²) in [5.74, 6) is 1.89. The molecule has 0 spiro atoms. The fraction of sp³-hybridized carbons (Fsp3) is 0.222. The molecule has 2 aromatic carbocycles. The highest BCUT2D eigenvalue weighted by molar-refractivity contribution is 5.38. The molecule has 0 amide bonds. The van der Waals surface area contributed by atoms with Gasteiger partial charge in [-0.25, -0.2) is 9.78 Å². The van der Waals surface area contributed by atoms with Gasteiger partial charge in [0.2, 0.25) is 0 Å². The van der Waals surface area contributed by atoms with E-state index in [1.165, 1.54) is 4.57 Å². The van der Waals surface area contributed by atoms with Crippen molar-refractivity contribution < 1.29 is 9.47 Å². The van der Waals surface area contributed by atoms with Crippen LogP contribution in [0.15, 0.2) is 82.5 Å². The van der Waals surface area contributed by atoms with Gasteiger partial charge in [0.25, 0.3) is 5.56 Å². The summed E-state index contributed by atoms with van der Waals surface area (Å²) in [6.07, 6.45) is 2.67. The summed E-state index contributed by atoms with van der Waals surface area (Å²) in [7, 11) is 3.20. The van der Waals surface area contributed by atoms with Crippen LogP contribution in [0.1, 0.15) is 22.4 Å². The average molecular weight is 473 g/mol. The molecule has 8 heteroatoms. The average Bonchev–Trinajstić information content (AvgIpc) is 2.88. The Bertz CT molecular complexity index is 1410. The molecule has 35 heavy (non-hydrogen) atoms. The third kappa shape index (κ3) is 5.60. The van der Waals surface area contributed by atoms with Crippen molar-refractivity contribution in [3.8, 4) is 11.5 Å². The Morgan fingerprint density at radius 2 is 1.37 bits per heavy atom. The summed E-state index contributed by atoms with van der Waals surface area (Å²) in [5.41, 5.74) is 8.56. The standard InChI is InChI=1S/C27H28N4O4/c1-34-23-11-5-19(6-12-23)17-30-22(10-9-21-4-3-15-29-26(21)28)16-25(32)31(27(30)33)18-20-7-13-24(35-2)14-8-20/h3-8,11-16H,9-10,17-18H2,1-2H3,(H2,28,29). The van der Waals surface area contributed by atoms with E-state index in [1.807, 2.05) is 60.7 Å². The summed E-state index contributed by atoms with van der Waals surface area (Å²) in [6, 6.07) is 20.1. The molecule has 0 radical (unpaired) electrons. The van der Waals surface area contributed by atoms with E-state index in [9.17, 15) is 9.59 Å². The van der Waals surface area contributed by atoms with E-state index in [0.29, 0.717) is 36.6 Å². The molecule has 0 aliphatic heterocycles. The van der Waals surface area contributed by atoms with Crippen molar-refractivity contribution >= 4 is 5.82 Å². The quantitative estimate of drug-likeness (QED) is 0.402. The first-order valence-corrected chi connectivity index (χ1v) is 11.3. The lowest BCUT2D eigenvalue weighted by Crippen LogP contribution is -2.41. The van der Waals surface area contributed by atoms with E-state index in [2.05, 4.69) is 4.98 Å². The number of methoxy groups -OCH3 is 2. The zero-order valence-corrected chi connectivity index (χ0v) is 19.8. The number of nitrogen functional groups attached to an aromatic ring is 1. The topological polar surface area (TPSA) is 101 Å². The number of hydrogen-bond acceptors (Lipinski definition) is 6. The maximum atomic E-state index is 13.6. The van der Waals surface area contributed by atoms with Crippen molar-refractivity contribution in [2.45, 2.75) is 25.9 Å². The lowest BCUT2D eigenvalue weighted by molar-refractivity contribution is 0.414. The van der Waals surface area contributed by atoms with Crippen LogP contribution in [0, 0.1) is 0 Å². The number of aryl methyl sites for hydroxylation is 2. The second-order valence-electron chi connectivity index (χ2n) is 8.17. The summed E-state index contributed by atoms with van der Waals surface area (Å²) in [5, 5.41) is 0. The molecule has 4 rings (SSSR count). The number of nitrogens with two attached hydrogens (primary N) is 1. The SMILES string of the molecule is COc1ccc(Cn2c(CCc3cccnc3N)cc(=O)n(Cc3ccc(OC)cc3)c2=O)cc1. The molecule has 2 aromatic heterocycles. The lowest BCUT2D eigenvalue weighted by Gasteiger charge is -2.16. The maximum Gasteiger partial charge on any atom is 0.331 e. The highest BCUT2D eigenvalue weighted by Gasteiger charge is 2.14. The molecule has 2 heterocycles. The molecule has 0 saturated carbocycles. The Morgan fingerprint density at radius 1 is 0.800 bits per heavy atom. The van der Waals surface area contributed by atoms with Crippen LogP contribution in [0.3, 0.4) is 0 Å².